The van der Waals surface area contributed by atoms with Gasteiger partial charge in [0.25, 0.3) is 0 Å². The van der Waals surface area contributed by atoms with Crippen LogP contribution in [-0.4, -0.2) is 53.6 Å². The van der Waals surface area contributed by atoms with Crippen LogP contribution in [0.3, 0.4) is 0 Å². The third kappa shape index (κ3) is 5.63. The summed E-state index contributed by atoms with van der Waals surface area (Å²) in [7, 11) is 0. The van der Waals surface area contributed by atoms with E-state index in [1.54, 1.807) is 6.20 Å². The van der Waals surface area contributed by atoms with Crippen molar-refractivity contribution in [3.63, 3.8) is 0 Å². The Morgan fingerprint density at radius 1 is 1.14 bits per heavy atom. The van der Waals surface area contributed by atoms with Crippen molar-refractivity contribution in [3.05, 3.63) is 52.8 Å². The summed E-state index contributed by atoms with van der Waals surface area (Å²) in [5, 5.41) is 7.07. The molecule has 2 aromatic heterocycles. The number of alkyl halides is 3. The van der Waals surface area contributed by atoms with Gasteiger partial charge in [0, 0.05) is 67.2 Å². The number of hydrogen-bond acceptors (Lipinski definition) is 7. The fraction of sp³-hybridized carbons (Fsp3) is 0.440. The normalized spacial score (nSPS) is 19.1. The average molecular weight is 521 g/mol. The van der Waals surface area contributed by atoms with Gasteiger partial charge in [-0.05, 0) is 50.6 Å². The number of piperazine rings is 1. The molecule has 2 fully saturated rings. The van der Waals surface area contributed by atoms with Crippen LogP contribution in [0.1, 0.15) is 30.2 Å². The largest absolute Gasteiger partial charge is 0.416 e. The van der Waals surface area contributed by atoms with Gasteiger partial charge in [-0.15, -0.1) is 0 Å². The van der Waals surface area contributed by atoms with E-state index >= 15 is 0 Å². The van der Waals surface area contributed by atoms with Crippen molar-refractivity contribution in [2.24, 2.45) is 0 Å². The Hall–Kier alpha value is -2.76. The molecule has 1 aromatic carbocycles. The molecular formula is C25H28F4N6S. The van der Waals surface area contributed by atoms with Gasteiger partial charge in [0.05, 0.1) is 11.3 Å². The van der Waals surface area contributed by atoms with E-state index in [0.717, 1.165) is 68.3 Å². The Balaban J connectivity index is 1.47. The van der Waals surface area contributed by atoms with E-state index in [4.69, 9.17) is 0 Å². The quantitative estimate of drug-likeness (QED) is 0.419. The number of halogens is 4. The van der Waals surface area contributed by atoms with Gasteiger partial charge in [0.2, 0.25) is 0 Å². The molecule has 2 saturated heterocycles. The lowest BCUT2D eigenvalue weighted by molar-refractivity contribution is -0.137. The Morgan fingerprint density at radius 3 is 2.67 bits per heavy atom. The molecule has 0 saturated carbocycles. The fourth-order valence-corrected chi connectivity index (χ4v) is 5.77. The van der Waals surface area contributed by atoms with E-state index in [1.165, 1.54) is 11.3 Å². The van der Waals surface area contributed by atoms with Gasteiger partial charge in [0.15, 0.2) is 5.13 Å². The van der Waals surface area contributed by atoms with Gasteiger partial charge in [-0.2, -0.15) is 13.2 Å². The van der Waals surface area contributed by atoms with Gasteiger partial charge >= 0.3 is 6.18 Å². The van der Waals surface area contributed by atoms with Crippen LogP contribution in [0, 0.1) is 5.82 Å². The van der Waals surface area contributed by atoms with Crippen LogP contribution >= 0.6 is 11.3 Å². The first kappa shape index (κ1) is 24.9. The molecule has 2 aliphatic heterocycles. The standard InChI is InChI=1S/C25H28F4N6S/c1-16-3-2-8-35(16)15-21-23(17-11-18(25(27,28)29)13-19(26)12-17)33-24(36-21)32-22-14-20(4-5-31-22)34-9-6-30-7-10-34/h4-5,11-14,16,30H,2-3,6-10,15H2,1H3,(H,31,32,33)/t16-/m1/s1. The predicted octanol–water partition coefficient (Wildman–Crippen LogP) is 5.50. The monoisotopic (exact) mass is 520 g/mol. The van der Waals surface area contributed by atoms with Crippen molar-refractivity contribution in [1.29, 1.82) is 0 Å². The molecule has 1 atom stereocenters. The lowest BCUT2D eigenvalue weighted by Gasteiger charge is -2.29. The SMILES string of the molecule is C[C@@H]1CCCN1Cc1sc(Nc2cc(N3CCNCC3)ccn2)nc1-c1cc(F)cc(C(F)(F)F)c1. The van der Waals surface area contributed by atoms with Crippen LogP contribution in [0.5, 0.6) is 0 Å². The molecule has 4 heterocycles. The molecule has 2 N–H and O–H groups in total. The maximum atomic E-state index is 14.2. The molecular weight excluding hydrogens is 492 g/mol. The zero-order chi connectivity index (χ0) is 25.3. The highest BCUT2D eigenvalue weighted by molar-refractivity contribution is 7.16. The van der Waals surface area contributed by atoms with Crippen molar-refractivity contribution in [2.75, 3.05) is 42.9 Å². The molecule has 11 heteroatoms. The zero-order valence-corrected chi connectivity index (χ0v) is 20.7. The van der Waals surface area contributed by atoms with Crippen molar-refractivity contribution in [1.82, 2.24) is 20.2 Å². The third-order valence-electron chi connectivity index (χ3n) is 6.69. The molecule has 36 heavy (non-hydrogen) atoms. The highest BCUT2D eigenvalue weighted by atomic mass is 32.1. The smallest absolute Gasteiger partial charge is 0.369 e. The van der Waals surface area contributed by atoms with Crippen molar-refractivity contribution < 1.29 is 17.6 Å². The second-order valence-corrected chi connectivity index (χ2v) is 10.3. The molecule has 192 valence electrons. The summed E-state index contributed by atoms with van der Waals surface area (Å²) in [6.45, 7) is 7.20. The van der Waals surface area contributed by atoms with Crippen LogP contribution in [0.15, 0.2) is 36.5 Å². The van der Waals surface area contributed by atoms with Crippen molar-refractivity contribution in [2.45, 2.75) is 38.5 Å². The maximum absolute atomic E-state index is 14.2. The minimum Gasteiger partial charge on any atom is -0.369 e. The number of pyridine rings is 1. The van der Waals surface area contributed by atoms with Gasteiger partial charge in [-0.1, -0.05) is 11.3 Å². The van der Waals surface area contributed by atoms with Gasteiger partial charge in [-0.25, -0.2) is 14.4 Å². The number of likely N-dealkylation sites (tertiary alicyclic amines) is 1. The van der Waals surface area contributed by atoms with E-state index in [2.05, 4.69) is 37.3 Å². The molecule has 5 rings (SSSR count). The molecule has 0 amide bonds. The number of thiazole rings is 1. The first-order valence-corrected chi connectivity index (χ1v) is 12.9. The van der Waals surface area contributed by atoms with Gasteiger partial charge < -0.3 is 15.5 Å². The Morgan fingerprint density at radius 2 is 1.94 bits per heavy atom. The Labute approximate surface area is 211 Å². The van der Waals surface area contributed by atoms with E-state index < -0.39 is 17.6 Å². The van der Waals surface area contributed by atoms with Crippen LogP contribution in [0.4, 0.5) is 34.2 Å². The topological polar surface area (TPSA) is 56.3 Å². The molecule has 0 unspecified atom stereocenters. The van der Waals surface area contributed by atoms with E-state index in [1.807, 2.05) is 12.1 Å². The number of aromatic nitrogens is 2. The summed E-state index contributed by atoms with van der Waals surface area (Å²) in [5.41, 5.74) is 0.503. The lowest BCUT2D eigenvalue weighted by atomic mass is 10.1. The fourth-order valence-electron chi connectivity index (χ4n) is 4.76. The maximum Gasteiger partial charge on any atom is 0.416 e. The van der Waals surface area contributed by atoms with E-state index in [9.17, 15) is 17.6 Å². The van der Waals surface area contributed by atoms with Crippen LogP contribution in [0.25, 0.3) is 11.3 Å². The first-order valence-electron chi connectivity index (χ1n) is 12.1. The molecule has 2 aliphatic rings. The second kappa shape index (κ2) is 10.3. The number of benzene rings is 1. The minimum absolute atomic E-state index is 0.121. The molecule has 0 aliphatic carbocycles. The molecule has 3 aromatic rings. The van der Waals surface area contributed by atoms with Crippen LogP contribution < -0.4 is 15.5 Å². The molecule has 0 bridgehead atoms. The number of rotatable bonds is 6. The summed E-state index contributed by atoms with van der Waals surface area (Å²) in [6, 6.07) is 6.87. The first-order chi connectivity index (χ1) is 17.3. The zero-order valence-electron chi connectivity index (χ0n) is 19.9. The Bertz CT molecular complexity index is 1210. The number of nitrogens with one attached hydrogen (secondary N) is 2. The number of nitrogens with zero attached hydrogens (tertiary/aromatic N) is 4. The summed E-state index contributed by atoms with van der Waals surface area (Å²) >= 11 is 1.37. The summed E-state index contributed by atoms with van der Waals surface area (Å²) in [5.74, 6) is -0.337. The third-order valence-corrected chi connectivity index (χ3v) is 7.65. The number of anilines is 3. The lowest BCUT2D eigenvalue weighted by Crippen LogP contribution is -2.43. The summed E-state index contributed by atoms with van der Waals surface area (Å²) < 4.78 is 54.5. The minimum atomic E-state index is -4.65. The number of hydrogen-bond donors (Lipinski definition) is 2. The Kier molecular flexibility index (Phi) is 7.14. The second-order valence-electron chi connectivity index (χ2n) is 9.24. The highest BCUT2D eigenvalue weighted by Crippen LogP contribution is 2.38. The molecule has 0 spiro atoms. The van der Waals surface area contributed by atoms with Crippen LogP contribution in [0.2, 0.25) is 0 Å². The van der Waals surface area contributed by atoms with Gasteiger partial charge in [0.1, 0.15) is 11.6 Å². The van der Waals surface area contributed by atoms with Crippen molar-refractivity contribution in [3.8, 4) is 11.3 Å². The highest BCUT2D eigenvalue weighted by Gasteiger charge is 2.32. The van der Waals surface area contributed by atoms with E-state index in [-0.39, 0.29) is 5.56 Å². The summed E-state index contributed by atoms with van der Waals surface area (Å²) in [6.07, 6.45) is -0.781. The van der Waals surface area contributed by atoms with Crippen LogP contribution in [-0.2, 0) is 12.7 Å². The summed E-state index contributed by atoms with van der Waals surface area (Å²) in [4.78, 5) is 14.4. The predicted molar refractivity (Wildman–Crippen MR) is 134 cm³/mol. The van der Waals surface area contributed by atoms with Crippen molar-refractivity contribution >= 4 is 28.0 Å². The van der Waals surface area contributed by atoms with E-state index in [0.29, 0.717) is 35.3 Å². The molecule has 0 radical (unpaired) electrons. The average Bonchev–Trinajstić information content (AvgIpc) is 3.44. The van der Waals surface area contributed by atoms with Gasteiger partial charge in [-0.3, -0.25) is 4.90 Å². The molecule has 6 nitrogen and oxygen atoms in total.